The van der Waals surface area contributed by atoms with Gasteiger partial charge in [0.25, 0.3) is 0 Å². The molecule has 0 fully saturated rings. The second kappa shape index (κ2) is 6.89. The molecular formula is C17H27N3. The molecule has 3 heteroatoms. The third kappa shape index (κ3) is 3.83. The molecule has 2 rings (SSSR count). The summed E-state index contributed by atoms with van der Waals surface area (Å²) in [5.74, 6) is 1.89. The van der Waals surface area contributed by atoms with Crippen molar-refractivity contribution < 1.29 is 0 Å². The van der Waals surface area contributed by atoms with Gasteiger partial charge in [0.1, 0.15) is 5.82 Å². The lowest BCUT2D eigenvalue weighted by molar-refractivity contribution is 0.441. The quantitative estimate of drug-likeness (QED) is 0.832. The third-order valence-electron chi connectivity index (χ3n) is 3.85. The average molecular weight is 273 g/mol. The summed E-state index contributed by atoms with van der Waals surface area (Å²) in [6, 6.07) is 8.95. The van der Waals surface area contributed by atoms with Crippen LogP contribution in [0.5, 0.6) is 0 Å². The summed E-state index contributed by atoms with van der Waals surface area (Å²) in [6.45, 7) is 10.9. The zero-order chi connectivity index (χ0) is 14.5. The number of nitrogens with zero attached hydrogens (tertiary/aromatic N) is 2. The van der Waals surface area contributed by atoms with Gasteiger partial charge in [0.2, 0.25) is 0 Å². The van der Waals surface area contributed by atoms with Crippen molar-refractivity contribution in [1.82, 2.24) is 14.9 Å². The van der Waals surface area contributed by atoms with Gasteiger partial charge in [-0.05, 0) is 44.7 Å². The van der Waals surface area contributed by atoms with E-state index >= 15 is 0 Å². The van der Waals surface area contributed by atoms with Crippen molar-refractivity contribution in [3.05, 3.63) is 30.1 Å². The second-order valence-corrected chi connectivity index (χ2v) is 6.13. The lowest BCUT2D eigenvalue weighted by atomic mass is 10.0. The van der Waals surface area contributed by atoms with Crippen molar-refractivity contribution in [2.24, 2.45) is 5.92 Å². The maximum Gasteiger partial charge on any atom is 0.106 e. The number of hydrogen-bond donors (Lipinski definition) is 1. The number of benzene rings is 1. The molecule has 1 N–H and O–H groups in total. The Morgan fingerprint density at radius 3 is 2.65 bits per heavy atom. The van der Waals surface area contributed by atoms with Crippen LogP contribution in [0.15, 0.2) is 24.3 Å². The van der Waals surface area contributed by atoms with Crippen LogP contribution in [-0.2, 0) is 6.54 Å². The molecule has 0 radical (unpaired) electrons. The highest BCUT2D eigenvalue weighted by molar-refractivity contribution is 5.75. The van der Waals surface area contributed by atoms with Crippen LogP contribution in [-0.4, -0.2) is 22.1 Å². The Morgan fingerprint density at radius 2 is 1.90 bits per heavy atom. The normalized spacial score (nSPS) is 13.2. The number of imidazole rings is 1. The first-order chi connectivity index (χ1) is 9.58. The Balaban J connectivity index is 1.88. The Bertz CT molecular complexity index is 542. The minimum absolute atomic E-state index is 0.590. The van der Waals surface area contributed by atoms with Gasteiger partial charge in [-0.3, -0.25) is 0 Å². The van der Waals surface area contributed by atoms with Gasteiger partial charge in [-0.25, -0.2) is 4.98 Å². The van der Waals surface area contributed by atoms with Crippen molar-refractivity contribution in [1.29, 1.82) is 0 Å². The monoisotopic (exact) mass is 273 g/mol. The minimum atomic E-state index is 0.590. The Hall–Kier alpha value is -1.35. The number of rotatable bonds is 7. The Kier molecular flexibility index (Phi) is 5.18. The Labute approximate surface area is 122 Å². The van der Waals surface area contributed by atoms with Crippen LogP contribution in [0.25, 0.3) is 11.0 Å². The molecule has 20 heavy (non-hydrogen) atoms. The van der Waals surface area contributed by atoms with Crippen LogP contribution in [0.2, 0.25) is 0 Å². The summed E-state index contributed by atoms with van der Waals surface area (Å²) in [7, 11) is 0. The van der Waals surface area contributed by atoms with Gasteiger partial charge in [-0.1, -0.05) is 26.0 Å². The van der Waals surface area contributed by atoms with Gasteiger partial charge in [-0.15, -0.1) is 0 Å². The molecule has 1 heterocycles. The van der Waals surface area contributed by atoms with Crippen LogP contribution >= 0.6 is 0 Å². The fourth-order valence-corrected chi connectivity index (χ4v) is 2.59. The SMILES string of the molecule is Cc1nc2ccccc2n1CCNC(C)CCC(C)C. The van der Waals surface area contributed by atoms with Gasteiger partial charge in [0.15, 0.2) is 0 Å². The Morgan fingerprint density at radius 1 is 1.15 bits per heavy atom. The molecule has 2 aromatic rings. The van der Waals surface area contributed by atoms with Gasteiger partial charge < -0.3 is 9.88 Å². The molecule has 0 spiro atoms. The molecule has 0 saturated heterocycles. The molecule has 1 atom stereocenters. The topological polar surface area (TPSA) is 29.9 Å². The van der Waals surface area contributed by atoms with E-state index in [4.69, 9.17) is 0 Å². The van der Waals surface area contributed by atoms with E-state index in [-0.39, 0.29) is 0 Å². The van der Waals surface area contributed by atoms with Crippen molar-refractivity contribution in [2.45, 2.75) is 53.1 Å². The van der Waals surface area contributed by atoms with Crippen LogP contribution in [0.1, 0.15) is 39.4 Å². The predicted molar refractivity (Wildman–Crippen MR) is 86.0 cm³/mol. The fraction of sp³-hybridized carbons (Fsp3) is 0.588. The summed E-state index contributed by atoms with van der Waals surface area (Å²) >= 11 is 0. The number of para-hydroxylation sites is 2. The number of hydrogen-bond acceptors (Lipinski definition) is 2. The first-order valence-corrected chi connectivity index (χ1v) is 7.73. The average Bonchev–Trinajstić information content (AvgIpc) is 2.73. The second-order valence-electron chi connectivity index (χ2n) is 6.13. The molecular weight excluding hydrogens is 246 g/mol. The van der Waals surface area contributed by atoms with Gasteiger partial charge in [0, 0.05) is 19.1 Å². The molecule has 0 aliphatic heterocycles. The largest absolute Gasteiger partial charge is 0.327 e. The standard InChI is InChI=1S/C17H27N3/c1-13(2)9-10-14(3)18-11-12-20-15(4)19-16-7-5-6-8-17(16)20/h5-8,13-14,18H,9-12H2,1-4H3. The highest BCUT2D eigenvalue weighted by Crippen LogP contribution is 2.15. The summed E-state index contributed by atoms with van der Waals surface area (Å²) in [5.41, 5.74) is 2.33. The fourth-order valence-electron chi connectivity index (χ4n) is 2.59. The van der Waals surface area contributed by atoms with Crippen LogP contribution in [0.3, 0.4) is 0 Å². The number of aromatic nitrogens is 2. The van der Waals surface area contributed by atoms with Crippen LogP contribution in [0, 0.1) is 12.8 Å². The molecule has 0 aliphatic rings. The summed E-state index contributed by atoms with van der Waals surface area (Å²) < 4.78 is 2.30. The minimum Gasteiger partial charge on any atom is -0.327 e. The smallest absolute Gasteiger partial charge is 0.106 e. The lowest BCUT2D eigenvalue weighted by Gasteiger charge is -2.16. The first-order valence-electron chi connectivity index (χ1n) is 7.73. The predicted octanol–water partition coefficient (Wildman–Crippen LogP) is 3.76. The summed E-state index contributed by atoms with van der Waals surface area (Å²) in [5, 5.41) is 3.62. The zero-order valence-corrected chi connectivity index (χ0v) is 13.2. The maximum atomic E-state index is 4.61. The highest BCUT2D eigenvalue weighted by Gasteiger charge is 2.07. The van der Waals surface area contributed by atoms with E-state index in [0.717, 1.165) is 30.3 Å². The molecule has 0 bridgehead atoms. The molecule has 0 saturated carbocycles. The first kappa shape index (κ1) is 15.0. The number of fused-ring (bicyclic) bond motifs is 1. The molecule has 3 nitrogen and oxygen atoms in total. The third-order valence-corrected chi connectivity index (χ3v) is 3.85. The lowest BCUT2D eigenvalue weighted by Crippen LogP contribution is -2.29. The van der Waals surface area contributed by atoms with Crippen molar-refractivity contribution in [3.63, 3.8) is 0 Å². The molecule has 0 aliphatic carbocycles. The molecule has 1 aromatic heterocycles. The molecule has 1 aromatic carbocycles. The van der Waals surface area contributed by atoms with Crippen molar-refractivity contribution in [2.75, 3.05) is 6.54 Å². The maximum absolute atomic E-state index is 4.61. The summed E-state index contributed by atoms with van der Waals surface area (Å²) in [4.78, 5) is 4.61. The van der Waals surface area contributed by atoms with E-state index in [2.05, 4.69) is 60.8 Å². The van der Waals surface area contributed by atoms with E-state index in [9.17, 15) is 0 Å². The van der Waals surface area contributed by atoms with E-state index in [1.54, 1.807) is 0 Å². The van der Waals surface area contributed by atoms with Gasteiger partial charge in [-0.2, -0.15) is 0 Å². The van der Waals surface area contributed by atoms with Gasteiger partial charge in [0.05, 0.1) is 11.0 Å². The molecule has 110 valence electrons. The van der Waals surface area contributed by atoms with Gasteiger partial charge >= 0.3 is 0 Å². The molecule has 0 amide bonds. The van der Waals surface area contributed by atoms with E-state index in [1.807, 2.05) is 6.07 Å². The zero-order valence-electron chi connectivity index (χ0n) is 13.2. The highest BCUT2D eigenvalue weighted by atomic mass is 15.1. The summed E-state index contributed by atoms with van der Waals surface area (Å²) in [6.07, 6.45) is 2.54. The van der Waals surface area contributed by atoms with E-state index in [1.165, 1.54) is 18.4 Å². The number of nitrogens with one attached hydrogen (secondary N) is 1. The van der Waals surface area contributed by atoms with Crippen LogP contribution < -0.4 is 5.32 Å². The van der Waals surface area contributed by atoms with Crippen molar-refractivity contribution >= 4 is 11.0 Å². The van der Waals surface area contributed by atoms with Crippen LogP contribution in [0.4, 0.5) is 0 Å². The van der Waals surface area contributed by atoms with Crippen molar-refractivity contribution in [3.8, 4) is 0 Å². The van der Waals surface area contributed by atoms with E-state index in [0.29, 0.717) is 6.04 Å². The van der Waals surface area contributed by atoms with E-state index < -0.39 is 0 Å². The number of aryl methyl sites for hydroxylation is 1. The molecule has 1 unspecified atom stereocenters.